The molecule has 3 atom stereocenters. The van der Waals surface area contributed by atoms with Gasteiger partial charge in [0.25, 0.3) is 0 Å². The van der Waals surface area contributed by atoms with Gasteiger partial charge in [-0.05, 0) is 54.7 Å². The lowest BCUT2D eigenvalue weighted by Crippen LogP contribution is -2.45. The van der Waals surface area contributed by atoms with E-state index < -0.39 is 0 Å². The van der Waals surface area contributed by atoms with Crippen LogP contribution in [0.15, 0.2) is 29.5 Å². The Morgan fingerprint density at radius 1 is 1.41 bits per heavy atom. The first-order chi connectivity index (χ1) is 10.8. The summed E-state index contributed by atoms with van der Waals surface area (Å²) < 4.78 is 1.97. The Labute approximate surface area is 135 Å². The molecule has 0 radical (unpaired) electrons. The van der Waals surface area contributed by atoms with Crippen molar-refractivity contribution in [3.8, 4) is 0 Å². The molecule has 2 aromatic heterocycles. The van der Waals surface area contributed by atoms with Crippen molar-refractivity contribution in [3.05, 3.63) is 35.0 Å². The standard InChI is InChI=1S/C16H23N5S/c1-19-15(9-21-12-17-11-18-21)6-14-8-20(4-2-16(14)19)7-13-3-5-22-10-13/h3,5,10-12,14-16H,2,4,6-9H2,1H3/t14-,15+,16+/m0/s1. The number of likely N-dealkylation sites (N-methyl/N-ethyl adjacent to an activating group) is 1. The smallest absolute Gasteiger partial charge is 0.137 e. The first-order valence-electron chi connectivity index (χ1n) is 8.07. The van der Waals surface area contributed by atoms with Crippen LogP contribution in [0, 0.1) is 5.92 Å². The average molecular weight is 317 g/mol. The van der Waals surface area contributed by atoms with Gasteiger partial charge in [-0.15, -0.1) is 0 Å². The number of piperidine rings is 1. The van der Waals surface area contributed by atoms with Crippen molar-refractivity contribution in [1.82, 2.24) is 24.6 Å². The van der Waals surface area contributed by atoms with E-state index in [2.05, 4.69) is 43.8 Å². The largest absolute Gasteiger partial charge is 0.299 e. The Kier molecular flexibility index (Phi) is 3.98. The summed E-state index contributed by atoms with van der Waals surface area (Å²) in [5.74, 6) is 0.797. The molecule has 22 heavy (non-hydrogen) atoms. The third-order valence-corrected chi connectivity index (χ3v) is 6.03. The summed E-state index contributed by atoms with van der Waals surface area (Å²) >= 11 is 1.80. The van der Waals surface area contributed by atoms with E-state index in [4.69, 9.17) is 0 Å². The van der Waals surface area contributed by atoms with Crippen LogP contribution in [0.1, 0.15) is 18.4 Å². The first kappa shape index (κ1) is 14.4. The third kappa shape index (κ3) is 2.83. The van der Waals surface area contributed by atoms with Crippen molar-refractivity contribution in [2.45, 2.75) is 38.0 Å². The van der Waals surface area contributed by atoms with Crippen LogP contribution >= 0.6 is 11.3 Å². The highest BCUT2D eigenvalue weighted by molar-refractivity contribution is 7.07. The summed E-state index contributed by atoms with van der Waals surface area (Å²) in [5.41, 5.74) is 1.47. The van der Waals surface area contributed by atoms with Crippen molar-refractivity contribution in [2.24, 2.45) is 5.92 Å². The summed E-state index contributed by atoms with van der Waals surface area (Å²) in [7, 11) is 2.29. The van der Waals surface area contributed by atoms with Crippen LogP contribution in [0.4, 0.5) is 0 Å². The van der Waals surface area contributed by atoms with Gasteiger partial charge in [0.2, 0.25) is 0 Å². The van der Waals surface area contributed by atoms with Crippen LogP contribution in [0.5, 0.6) is 0 Å². The molecule has 0 aromatic carbocycles. The lowest BCUT2D eigenvalue weighted by Gasteiger charge is -2.37. The highest BCUT2D eigenvalue weighted by atomic mass is 32.1. The Morgan fingerprint density at radius 3 is 3.14 bits per heavy atom. The molecule has 0 unspecified atom stereocenters. The first-order valence-corrected chi connectivity index (χ1v) is 9.01. The summed E-state index contributed by atoms with van der Waals surface area (Å²) in [5, 5.41) is 8.72. The van der Waals surface area contributed by atoms with Crippen LogP contribution < -0.4 is 0 Å². The molecule has 6 heteroatoms. The average Bonchev–Trinajstić information content (AvgIpc) is 3.24. The summed E-state index contributed by atoms with van der Waals surface area (Å²) in [6.07, 6.45) is 6.03. The maximum absolute atomic E-state index is 4.27. The predicted molar refractivity (Wildman–Crippen MR) is 87.7 cm³/mol. The van der Waals surface area contributed by atoms with Gasteiger partial charge in [0, 0.05) is 25.2 Å². The summed E-state index contributed by atoms with van der Waals surface area (Å²) in [6, 6.07) is 3.59. The number of hydrogen-bond donors (Lipinski definition) is 0. The molecule has 4 rings (SSSR count). The lowest BCUT2D eigenvalue weighted by atomic mass is 9.92. The topological polar surface area (TPSA) is 37.2 Å². The van der Waals surface area contributed by atoms with Gasteiger partial charge in [-0.25, -0.2) is 4.98 Å². The van der Waals surface area contributed by atoms with Crippen LogP contribution in [0.25, 0.3) is 0 Å². The zero-order valence-electron chi connectivity index (χ0n) is 13.0. The zero-order chi connectivity index (χ0) is 14.9. The molecular formula is C16H23N5S. The molecule has 2 fully saturated rings. The van der Waals surface area contributed by atoms with Gasteiger partial charge in [-0.1, -0.05) is 0 Å². The monoisotopic (exact) mass is 317 g/mol. The molecule has 5 nitrogen and oxygen atoms in total. The predicted octanol–water partition coefficient (Wildman–Crippen LogP) is 1.93. The van der Waals surface area contributed by atoms with Crippen LogP contribution in [0.3, 0.4) is 0 Å². The molecule has 118 valence electrons. The van der Waals surface area contributed by atoms with E-state index in [-0.39, 0.29) is 0 Å². The van der Waals surface area contributed by atoms with Gasteiger partial charge in [-0.2, -0.15) is 16.4 Å². The normalized spacial score (nSPS) is 29.8. The van der Waals surface area contributed by atoms with Gasteiger partial charge in [0.15, 0.2) is 0 Å². The maximum Gasteiger partial charge on any atom is 0.137 e. The molecule has 0 spiro atoms. The van der Waals surface area contributed by atoms with E-state index in [1.807, 2.05) is 11.0 Å². The minimum absolute atomic E-state index is 0.595. The molecule has 0 aliphatic carbocycles. The molecular weight excluding hydrogens is 294 g/mol. The SMILES string of the molecule is CN1[C@@H](Cn2cncn2)C[C@H]2CN(Cc3ccsc3)CC[C@H]21. The minimum atomic E-state index is 0.595. The Hall–Kier alpha value is -1.24. The summed E-state index contributed by atoms with van der Waals surface area (Å²) in [6.45, 7) is 4.54. The number of aromatic nitrogens is 3. The van der Waals surface area contributed by atoms with Crippen molar-refractivity contribution in [1.29, 1.82) is 0 Å². The van der Waals surface area contributed by atoms with Gasteiger partial charge in [-0.3, -0.25) is 14.5 Å². The zero-order valence-corrected chi connectivity index (χ0v) is 13.8. The van der Waals surface area contributed by atoms with Crippen LogP contribution in [-0.2, 0) is 13.1 Å². The number of likely N-dealkylation sites (tertiary alicyclic amines) is 2. The third-order valence-electron chi connectivity index (χ3n) is 5.30. The van der Waals surface area contributed by atoms with Crippen LogP contribution in [-0.4, -0.2) is 56.8 Å². The fourth-order valence-electron chi connectivity index (χ4n) is 4.18. The summed E-state index contributed by atoms with van der Waals surface area (Å²) in [4.78, 5) is 9.29. The quantitative estimate of drug-likeness (QED) is 0.863. The van der Waals surface area contributed by atoms with Gasteiger partial charge in [0.1, 0.15) is 12.7 Å². The number of fused-ring (bicyclic) bond motifs is 1. The van der Waals surface area contributed by atoms with Crippen molar-refractivity contribution in [3.63, 3.8) is 0 Å². The van der Waals surface area contributed by atoms with Crippen molar-refractivity contribution in [2.75, 3.05) is 20.1 Å². The van der Waals surface area contributed by atoms with Gasteiger partial charge < -0.3 is 0 Å². The van der Waals surface area contributed by atoms with E-state index in [1.165, 1.54) is 31.5 Å². The second-order valence-electron chi connectivity index (χ2n) is 6.66. The number of nitrogens with zero attached hydrogens (tertiary/aromatic N) is 5. The molecule has 4 heterocycles. The number of rotatable bonds is 4. The molecule has 0 N–H and O–H groups in total. The number of hydrogen-bond acceptors (Lipinski definition) is 5. The number of thiophene rings is 1. The minimum Gasteiger partial charge on any atom is -0.299 e. The fourth-order valence-corrected chi connectivity index (χ4v) is 4.84. The van der Waals surface area contributed by atoms with Crippen molar-refractivity contribution < 1.29 is 0 Å². The molecule has 2 aliphatic heterocycles. The van der Waals surface area contributed by atoms with Gasteiger partial charge >= 0.3 is 0 Å². The Bertz CT molecular complexity index is 580. The van der Waals surface area contributed by atoms with E-state index in [0.717, 1.165) is 25.0 Å². The van der Waals surface area contributed by atoms with E-state index in [1.54, 1.807) is 17.7 Å². The van der Waals surface area contributed by atoms with Gasteiger partial charge in [0.05, 0.1) is 6.54 Å². The molecule has 2 aliphatic rings. The lowest BCUT2D eigenvalue weighted by molar-refractivity contribution is 0.110. The molecule has 2 aromatic rings. The highest BCUT2D eigenvalue weighted by Gasteiger charge is 2.41. The maximum atomic E-state index is 4.27. The highest BCUT2D eigenvalue weighted by Crippen LogP contribution is 2.35. The molecule has 2 saturated heterocycles. The Morgan fingerprint density at radius 2 is 2.36 bits per heavy atom. The second-order valence-corrected chi connectivity index (χ2v) is 7.44. The second kappa shape index (κ2) is 6.10. The molecule has 0 bridgehead atoms. The van der Waals surface area contributed by atoms with E-state index in [9.17, 15) is 0 Å². The molecule has 0 amide bonds. The molecule has 0 saturated carbocycles. The van der Waals surface area contributed by atoms with Crippen LogP contribution in [0.2, 0.25) is 0 Å². The van der Waals surface area contributed by atoms with Crippen molar-refractivity contribution >= 4 is 11.3 Å². The Balaban J connectivity index is 1.38. The van der Waals surface area contributed by atoms with E-state index in [0.29, 0.717) is 6.04 Å². The van der Waals surface area contributed by atoms with E-state index >= 15 is 0 Å². The fraction of sp³-hybridized carbons (Fsp3) is 0.625.